The molecule has 1 atom stereocenters. The summed E-state index contributed by atoms with van der Waals surface area (Å²) in [6.07, 6.45) is 1.88. The minimum absolute atomic E-state index is 0.0818. The van der Waals surface area contributed by atoms with Crippen molar-refractivity contribution in [2.24, 2.45) is 0 Å². The second kappa shape index (κ2) is 7.15. The summed E-state index contributed by atoms with van der Waals surface area (Å²) < 4.78 is 13.8. The van der Waals surface area contributed by atoms with Crippen molar-refractivity contribution in [1.29, 1.82) is 0 Å². The quantitative estimate of drug-likeness (QED) is 0.573. The zero-order chi connectivity index (χ0) is 14.4. The summed E-state index contributed by atoms with van der Waals surface area (Å²) in [6, 6.07) is 14.8. The third-order valence-corrected chi connectivity index (χ3v) is 4.06. The molecule has 2 aromatic rings. The Kier molecular flexibility index (Phi) is 5.24. The number of hydrogen-bond acceptors (Lipinski definition) is 2. The first-order valence-electron chi connectivity index (χ1n) is 6.56. The lowest BCUT2D eigenvalue weighted by molar-refractivity contribution is 0.600. The molecule has 1 unspecified atom stereocenters. The third-order valence-electron chi connectivity index (χ3n) is 2.99. The van der Waals surface area contributed by atoms with Crippen molar-refractivity contribution in [1.82, 2.24) is 0 Å². The average Bonchev–Trinajstić information content (AvgIpc) is 2.46. The van der Waals surface area contributed by atoms with Gasteiger partial charge in [-0.3, -0.25) is 0 Å². The van der Waals surface area contributed by atoms with Gasteiger partial charge in [-0.25, -0.2) is 4.39 Å². The predicted molar refractivity (Wildman–Crippen MR) is 85.8 cm³/mol. The molecular formula is C17H18FNS. The van der Waals surface area contributed by atoms with Crippen molar-refractivity contribution in [3.8, 4) is 0 Å². The highest BCUT2D eigenvalue weighted by Gasteiger charge is 2.11. The monoisotopic (exact) mass is 287 g/mol. The Morgan fingerprint density at radius 1 is 1.20 bits per heavy atom. The van der Waals surface area contributed by atoms with Gasteiger partial charge in [0.2, 0.25) is 0 Å². The van der Waals surface area contributed by atoms with Crippen molar-refractivity contribution in [2.75, 3.05) is 11.1 Å². The lowest BCUT2D eigenvalue weighted by Gasteiger charge is -2.18. The van der Waals surface area contributed by atoms with E-state index in [1.165, 1.54) is 6.07 Å². The van der Waals surface area contributed by atoms with Gasteiger partial charge in [0.1, 0.15) is 5.82 Å². The van der Waals surface area contributed by atoms with Gasteiger partial charge < -0.3 is 5.32 Å². The van der Waals surface area contributed by atoms with Crippen LogP contribution in [-0.4, -0.2) is 5.75 Å². The fourth-order valence-corrected chi connectivity index (χ4v) is 2.75. The van der Waals surface area contributed by atoms with Crippen LogP contribution >= 0.6 is 11.8 Å². The molecule has 1 nitrogen and oxygen atoms in total. The molecule has 0 radical (unpaired) electrons. The van der Waals surface area contributed by atoms with E-state index in [0.717, 1.165) is 16.3 Å². The van der Waals surface area contributed by atoms with Crippen molar-refractivity contribution < 1.29 is 4.39 Å². The standard InChI is InChI=1S/C17H18FNS/c1-3-12-20-17-11-7-6-10-16(17)19-13(2)14-8-4-5-9-15(14)18/h3-11,13,19H,1,12H2,2H3. The maximum atomic E-state index is 13.8. The van der Waals surface area contributed by atoms with Crippen LogP contribution in [0.4, 0.5) is 10.1 Å². The smallest absolute Gasteiger partial charge is 0.128 e. The Morgan fingerprint density at radius 3 is 2.65 bits per heavy atom. The van der Waals surface area contributed by atoms with Crippen LogP contribution in [-0.2, 0) is 0 Å². The number of thioether (sulfide) groups is 1. The zero-order valence-electron chi connectivity index (χ0n) is 11.5. The fraction of sp³-hybridized carbons (Fsp3) is 0.176. The summed E-state index contributed by atoms with van der Waals surface area (Å²) in [5.74, 6) is 0.677. The van der Waals surface area contributed by atoms with E-state index in [0.29, 0.717) is 5.56 Å². The minimum Gasteiger partial charge on any atom is -0.378 e. The predicted octanol–water partition coefficient (Wildman–Crippen LogP) is 5.28. The van der Waals surface area contributed by atoms with E-state index in [4.69, 9.17) is 0 Å². The Hall–Kier alpha value is -1.74. The van der Waals surface area contributed by atoms with Crippen molar-refractivity contribution >= 4 is 17.4 Å². The molecule has 2 aromatic carbocycles. The van der Waals surface area contributed by atoms with Gasteiger partial charge in [-0.05, 0) is 25.1 Å². The molecular weight excluding hydrogens is 269 g/mol. The van der Waals surface area contributed by atoms with Crippen LogP contribution in [0.15, 0.2) is 66.1 Å². The average molecular weight is 287 g/mol. The van der Waals surface area contributed by atoms with E-state index in [9.17, 15) is 4.39 Å². The Labute approximate surface area is 123 Å². The molecule has 0 saturated heterocycles. The molecule has 2 rings (SSSR count). The summed E-state index contributed by atoms with van der Waals surface area (Å²) in [7, 11) is 0. The minimum atomic E-state index is -0.177. The number of benzene rings is 2. The van der Waals surface area contributed by atoms with Gasteiger partial charge in [-0.15, -0.1) is 18.3 Å². The van der Waals surface area contributed by atoms with Gasteiger partial charge in [0.15, 0.2) is 0 Å². The fourth-order valence-electron chi connectivity index (χ4n) is 2.00. The van der Waals surface area contributed by atoms with Gasteiger partial charge in [0, 0.05) is 21.9 Å². The second-order valence-electron chi connectivity index (χ2n) is 4.48. The van der Waals surface area contributed by atoms with E-state index < -0.39 is 0 Å². The van der Waals surface area contributed by atoms with Crippen LogP contribution in [0.3, 0.4) is 0 Å². The van der Waals surface area contributed by atoms with Crippen molar-refractivity contribution in [3.63, 3.8) is 0 Å². The number of nitrogens with one attached hydrogen (secondary N) is 1. The van der Waals surface area contributed by atoms with Crippen LogP contribution in [0.5, 0.6) is 0 Å². The molecule has 0 aliphatic rings. The summed E-state index contributed by atoms with van der Waals surface area (Å²) in [4.78, 5) is 1.15. The lowest BCUT2D eigenvalue weighted by atomic mass is 10.1. The number of rotatable bonds is 6. The first kappa shape index (κ1) is 14.7. The van der Waals surface area contributed by atoms with E-state index >= 15 is 0 Å². The Morgan fingerprint density at radius 2 is 1.90 bits per heavy atom. The molecule has 0 aromatic heterocycles. The van der Waals surface area contributed by atoms with Gasteiger partial charge in [0.25, 0.3) is 0 Å². The highest BCUT2D eigenvalue weighted by atomic mass is 32.2. The lowest BCUT2D eigenvalue weighted by Crippen LogP contribution is -2.09. The SMILES string of the molecule is C=CCSc1ccccc1NC(C)c1ccccc1F. The molecule has 20 heavy (non-hydrogen) atoms. The first-order chi connectivity index (χ1) is 9.72. The number of halogens is 1. The van der Waals surface area contributed by atoms with Crippen molar-refractivity contribution in [3.05, 3.63) is 72.6 Å². The van der Waals surface area contributed by atoms with Gasteiger partial charge in [0.05, 0.1) is 6.04 Å². The largest absolute Gasteiger partial charge is 0.378 e. The van der Waals surface area contributed by atoms with E-state index in [1.54, 1.807) is 17.8 Å². The van der Waals surface area contributed by atoms with Crippen LogP contribution < -0.4 is 5.32 Å². The number of hydrogen-bond donors (Lipinski definition) is 1. The molecule has 0 amide bonds. The van der Waals surface area contributed by atoms with Crippen LogP contribution in [0.25, 0.3) is 0 Å². The molecule has 0 fully saturated rings. The maximum absolute atomic E-state index is 13.8. The maximum Gasteiger partial charge on any atom is 0.128 e. The molecule has 0 saturated carbocycles. The van der Waals surface area contributed by atoms with Crippen LogP contribution in [0.2, 0.25) is 0 Å². The number of anilines is 1. The van der Waals surface area contributed by atoms with Gasteiger partial charge >= 0.3 is 0 Å². The Bertz CT molecular complexity index is 583. The molecule has 1 N–H and O–H groups in total. The summed E-state index contributed by atoms with van der Waals surface area (Å²) in [5.41, 5.74) is 1.70. The van der Waals surface area contributed by atoms with Gasteiger partial charge in [-0.1, -0.05) is 36.4 Å². The van der Waals surface area contributed by atoms with Crippen molar-refractivity contribution in [2.45, 2.75) is 17.9 Å². The highest BCUT2D eigenvalue weighted by molar-refractivity contribution is 7.99. The molecule has 0 bridgehead atoms. The molecule has 0 aliphatic heterocycles. The molecule has 0 aliphatic carbocycles. The molecule has 104 valence electrons. The van der Waals surface area contributed by atoms with Crippen LogP contribution in [0, 0.1) is 5.82 Å². The van der Waals surface area contributed by atoms with Crippen LogP contribution in [0.1, 0.15) is 18.5 Å². The topological polar surface area (TPSA) is 12.0 Å². The second-order valence-corrected chi connectivity index (χ2v) is 5.55. The number of para-hydroxylation sites is 1. The first-order valence-corrected chi connectivity index (χ1v) is 7.54. The van der Waals surface area contributed by atoms with E-state index in [2.05, 4.69) is 18.0 Å². The molecule has 0 heterocycles. The Balaban J connectivity index is 2.17. The highest BCUT2D eigenvalue weighted by Crippen LogP contribution is 2.30. The van der Waals surface area contributed by atoms with E-state index in [-0.39, 0.29) is 11.9 Å². The molecule has 0 spiro atoms. The molecule has 3 heteroatoms. The summed E-state index contributed by atoms with van der Waals surface area (Å²) >= 11 is 1.71. The zero-order valence-corrected chi connectivity index (χ0v) is 12.3. The normalized spacial score (nSPS) is 11.9. The summed E-state index contributed by atoms with van der Waals surface area (Å²) in [6.45, 7) is 5.70. The third kappa shape index (κ3) is 3.64. The summed E-state index contributed by atoms with van der Waals surface area (Å²) in [5, 5.41) is 3.38. The van der Waals surface area contributed by atoms with Gasteiger partial charge in [-0.2, -0.15) is 0 Å². The van der Waals surface area contributed by atoms with E-state index in [1.807, 2.05) is 43.3 Å².